The lowest BCUT2D eigenvalue weighted by Crippen LogP contribution is -2.32. The van der Waals surface area contributed by atoms with Crippen LogP contribution >= 0.6 is 0 Å². The van der Waals surface area contributed by atoms with Crippen molar-refractivity contribution in [2.24, 2.45) is 5.92 Å². The summed E-state index contributed by atoms with van der Waals surface area (Å²) >= 11 is 0. The summed E-state index contributed by atoms with van der Waals surface area (Å²) in [6, 6.07) is 6.54. The lowest BCUT2D eigenvalue weighted by molar-refractivity contribution is 0.0697. The molecule has 0 saturated heterocycles. The molecule has 19 heavy (non-hydrogen) atoms. The Hall–Kier alpha value is -1.55. The summed E-state index contributed by atoms with van der Waals surface area (Å²) in [5.74, 6) is 0.689. The van der Waals surface area contributed by atoms with Gasteiger partial charge in [-0.2, -0.15) is 0 Å². The zero-order valence-corrected chi connectivity index (χ0v) is 11.3. The first-order chi connectivity index (χ1) is 9.15. The van der Waals surface area contributed by atoms with Gasteiger partial charge in [0.05, 0.1) is 5.56 Å². The van der Waals surface area contributed by atoms with Crippen molar-refractivity contribution in [3.63, 3.8) is 0 Å². The Morgan fingerprint density at radius 1 is 1.37 bits per heavy atom. The number of hydrogen-bond donors (Lipinski definition) is 1. The first-order valence-electron chi connectivity index (χ1n) is 6.80. The Morgan fingerprint density at radius 3 is 2.58 bits per heavy atom. The largest absolute Gasteiger partial charge is 0.492 e. The zero-order chi connectivity index (χ0) is 13.7. The Balaban J connectivity index is 1.68. The molecule has 0 radical (unpaired) electrons. The molecule has 1 aliphatic rings. The summed E-state index contributed by atoms with van der Waals surface area (Å²) in [5.41, 5.74) is 0.287. The van der Waals surface area contributed by atoms with Gasteiger partial charge in [-0.25, -0.2) is 4.79 Å². The molecule has 0 aromatic heterocycles. The van der Waals surface area contributed by atoms with Gasteiger partial charge in [0, 0.05) is 13.1 Å². The molecule has 2 rings (SSSR count). The predicted molar refractivity (Wildman–Crippen MR) is 73.7 cm³/mol. The van der Waals surface area contributed by atoms with Crippen LogP contribution in [0, 0.1) is 5.92 Å². The van der Waals surface area contributed by atoms with Gasteiger partial charge in [-0.3, -0.25) is 0 Å². The molecular weight excluding hydrogens is 242 g/mol. The Morgan fingerprint density at radius 2 is 2.05 bits per heavy atom. The SMILES string of the molecule is CN(CCOc1ccc(C(=O)O)cc1)CC1CCC1. The molecule has 1 saturated carbocycles. The van der Waals surface area contributed by atoms with Crippen molar-refractivity contribution in [2.45, 2.75) is 19.3 Å². The highest BCUT2D eigenvalue weighted by molar-refractivity contribution is 5.87. The number of likely N-dealkylation sites (N-methyl/N-ethyl adjacent to an activating group) is 1. The van der Waals surface area contributed by atoms with Crippen LogP contribution in [0.4, 0.5) is 0 Å². The lowest BCUT2D eigenvalue weighted by Gasteiger charge is -2.30. The van der Waals surface area contributed by atoms with Crippen LogP contribution in [0.1, 0.15) is 29.6 Å². The maximum atomic E-state index is 10.7. The maximum Gasteiger partial charge on any atom is 0.335 e. The van der Waals surface area contributed by atoms with Crippen LogP contribution in [0.25, 0.3) is 0 Å². The van der Waals surface area contributed by atoms with Crippen LogP contribution in [0.3, 0.4) is 0 Å². The maximum absolute atomic E-state index is 10.7. The molecule has 1 aromatic carbocycles. The third-order valence-corrected chi connectivity index (χ3v) is 3.64. The van der Waals surface area contributed by atoms with Crippen molar-refractivity contribution in [3.8, 4) is 5.75 Å². The third-order valence-electron chi connectivity index (χ3n) is 3.64. The van der Waals surface area contributed by atoms with Crippen LogP contribution in [0.2, 0.25) is 0 Å². The predicted octanol–water partition coefficient (Wildman–Crippen LogP) is 2.50. The van der Waals surface area contributed by atoms with Gasteiger partial charge in [0.15, 0.2) is 0 Å². The second-order valence-electron chi connectivity index (χ2n) is 5.24. The molecule has 1 aromatic rings. The first-order valence-corrected chi connectivity index (χ1v) is 6.80. The van der Waals surface area contributed by atoms with Gasteiger partial charge in [0.2, 0.25) is 0 Å². The summed E-state index contributed by atoms with van der Waals surface area (Å²) < 4.78 is 5.61. The van der Waals surface area contributed by atoms with Crippen LogP contribution in [-0.2, 0) is 0 Å². The summed E-state index contributed by atoms with van der Waals surface area (Å²) in [6.45, 7) is 2.69. The molecule has 0 unspecified atom stereocenters. The van der Waals surface area contributed by atoms with Gasteiger partial charge >= 0.3 is 5.97 Å². The lowest BCUT2D eigenvalue weighted by atomic mass is 9.85. The number of carboxylic acid groups (broad SMARTS) is 1. The number of carbonyl (C=O) groups is 1. The Labute approximate surface area is 114 Å². The Kier molecular flexibility index (Phi) is 4.80. The monoisotopic (exact) mass is 263 g/mol. The van der Waals surface area contributed by atoms with E-state index in [0.29, 0.717) is 6.61 Å². The van der Waals surface area contributed by atoms with E-state index in [1.807, 2.05) is 0 Å². The molecule has 1 N–H and O–H groups in total. The van der Waals surface area contributed by atoms with Crippen LogP contribution in [-0.4, -0.2) is 42.7 Å². The smallest absolute Gasteiger partial charge is 0.335 e. The number of rotatable bonds is 7. The molecule has 0 atom stereocenters. The molecule has 0 spiro atoms. The number of ether oxygens (including phenoxy) is 1. The molecule has 0 heterocycles. The summed E-state index contributed by atoms with van der Waals surface area (Å²) in [5, 5.41) is 8.79. The average molecular weight is 263 g/mol. The summed E-state index contributed by atoms with van der Waals surface area (Å²) in [7, 11) is 2.12. The minimum absolute atomic E-state index is 0.287. The molecule has 0 aliphatic heterocycles. The standard InChI is InChI=1S/C15H21NO3/c1-16(11-12-3-2-4-12)9-10-19-14-7-5-13(6-8-14)15(17)18/h5-8,12H,2-4,9-11H2,1H3,(H,17,18). The average Bonchev–Trinajstić information content (AvgIpc) is 2.34. The van der Waals surface area contributed by atoms with Crippen molar-refractivity contribution in [2.75, 3.05) is 26.7 Å². The number of nitrogens with zero attached hydrogens (tertiary/aromatic N) is 1. The fourth-order valence-electron chi connectivity index (χ4n) is 2.22. The highest BCUT2D eigenvalue weighted by atomic mass is 16.5. The molecule has 1 aliphatic carbocycles. The van der Waals surface area contributed by atoms with Gasteiger partial charge in [0.1, 0.15) is 12.4 Å². The zero-order valence-electron chi connectivity index (χ0n) is 11.3. The second kappa shape index (κ2) is 6.57. The molecule has 4 heteroatoms. The molecule has 4 nitrogen and oxygen atoms in total. The van der Waals surface area contributed by atoms with Gasteiger partial charge < -0.3 is 14.7 Å². The highest BCUT2D eigenvalue weighted by Gasteiger charge is 2.18. The normalized spacial score (nSPS) is 15.3. The van der Waals surface area contributed by atoms with E-state index in [2.05, 4.69) is 11.9 Å². The van der Waals surface area contributed by atoms with E-state index >= 15 is 0 Å². The van der Waals surface area contributed by atoms with Crippen molar-refractivity contribution in [3.05, 3.63) is 29.8 Å². The number of benzene rings is 1. The van der Waals surface area contributed by atoms with Crippen LogP contribution in [0.5, 0.6) is 5.75 Å². The fourth-order valence-corrected chi connectivity index (χ4v) is 2.22. The van der Waals surface area contributed by atoms with Gasteiger partial charge in [-0.05, 0) is 50.1 Å². The van der Waals surface area contributed by atoms with Gasteiger partial charge in [-0.15, -0.1) is 0 Å². The Bertz CT molecular complexity index is 412. The highest BCUT2D eigenvalue weighted by Crippen LogP contribution is 2.26. The summed E-state index contributed by atoms with van der Waals surface area (Å²) in [6.07, 6.45) is 4.11. The number of carboxylic acids is 1. The van der Waals surface area contributed by atoms with Gasteiger partial charge in [-0.1, -0.05) is 6.42 Å². The van der Waals surface area contributed by atoms with Crippen molar-refractivity contribution in [1.82, 2.24) is 4.90 Å². The van der Waals surface area contributed by atoms with E-state index < -0.39 is 5.97 Å². The van der Waals surface area contributed by atoms with Crippen molar-refractivity contribution >= 4 is 5.97 Å². The third kappa shape index (κ3) is 4.24. The number of hydrogen-bond acceptors (Lipinski definition) is 3. The summed E-state index contributed by atoms with van der Waals surface area (Å²) in [4.78, 5) is 13.0. The molecular formula is C15H21NO3. The minimum atomic E-state index is -0.910. The van der Waals surface area contributed by atoms with E-state index in [1.54, 1.807) is 24.3 Å². The van der Waals surface area contributed by atoms with Gasteiger partial charge in [0.25, 0.3) is 0 Å². The molecule has 0 amide bonds. The molecule has 0 bridgehead atoms. The quantitative estimate of drug-likeness (QED) is 0.821. The molecule has 104 valence electrons. The fraction of sp³-hybridized carbons (Fsp3) is 0.533. The van der Waals surface area contributed by atoms with Crippen molar-refractivity contribution < 1.29 is 14.6 Å². The van der Waals surface area contributed by atoms with E-state index in [-0.39, 0.29) is 5.56 Å². The van der Waals surface area contributed by atoms with E-state index in [4.69, 9.17) is 9.84 Å². The second-order valence-corrected chi connectivity index (χ2v) is 5.24. The van der Waals surface area contributed by atoms with E-state index in [0.717, 1.165) is 24.8 Å². The van der Waals surface area contributed by atoms with E-state index in [1.165, 1.54) is 19.3 Å². The first kappa shape index (κ1) is 13.9. The van der Waals surface area contributed by atoms with Crippen molar-refractivity contribution in [1.29, 1.82) is 0 Å². The van der Waals surface area contributed by atoms with Crippen LogP contribution in [0.15, 0.2) is 24.3 Å². The molecule has 1 fully saturated rings. The topological polar surface area (TPSA) is 49.8 Å². The van der Waals surface area contributed by atoms with Crippen LogP contribution < -0.4 is 4.74 Å². The van der Waals surface area contributed by atoms with E-state index in [9.17, 15) is 4.79 Å². The minimum Gasteiger partial charge on any atom is -0.492 e. The number of aromatic carboxylic acids is 1.